The third-order valence-electron chi connectivity index (χ3n) is 3.03. The quantitative estimate of drug-likeness (QED) is 0.911. The first-order chi connectivity index (χ1) is 9.87. The third kappa shape index (κ3) is 4.52. The molecule has 0 heterocycles. The molecule has 21 heavy (non-hydrogen) atoms. The molecule has 1 unspecified atom stereocenters. The van der Waals surface area contributed by atoms with E-state index in [1.807, 2.05) is 0 Å². The van der Waals surface area contributed by atoms with Crippen molar-refractivity contribution in [3.63, 3.8) is 0 Å². The van der Waals surface area contributed by atoms with Crippen LogP contribution in [-0.4, -0.2) is 8.42 Å². The van der Waals surface area contributed by atoms with Gasteiger partial charge in [0.25, 0.3) is 0 Å². The Morgan fingerprint density at radius 3 is 2.38 bits per heavy atom. The van der Waals surface area contributed by atoms with Crippen LogP contribution in [0, 0.1) is 5.82 Å². The van der Waals surface area contributed by atoms with Crippen LogP contribution >= 0.6 is 11.6 Å². The van der Waals surface area contributed by atoms with Crippen LogP contribution in [-0.2, 0) is 15.8 Å². The topological polar surface area (TPSA) is 46.2 Å². The zero-order chi connectivity index (χ0) is 15.5. The van der Waals surface area contributed by atoms with Gasteiger partial charge in [0.1, 0.15) is 5.82 Å². The number of halogens is 2. The maximum atomic E-state index is 12.9. The van der Waals surface area contributed by atoms with Gasteiger partial charge in [-0.15, -0.1) is 0 Å². The fourth-order valence-electron chi connectivity index (χ4n) is 1.95. The van der Waals surface area contributed by atoms with E-state index in [1.165, 1.54) is 12.1 Å². The molecule has 0 saturated heterocycles. The third-order valence-corrected chi connectivity index (χ3v) is 4.80. The highest BCUT2D eigenvalue weighted by atomic mass is 35.5. The van der Waals surface area contributed by atoms with Crippen molar-refractivity contribution >= 4 is 21.6 Å². The Bertz CT molecular complexity index is 717. The maximum Gasteiger partial charge on any atom is 0.216 e. The van der Waals surface area contributed by atoms with Gasteiger partial charge in [-0.05, 0) is 36.2 Å². The number of rotatable bonds is 5. The summed E-state index contributed by atoms with van der Waals surface area (Å²) in [5, 5.41) is 0.414. The summed E-state index contributed by atoms with van der Waals surface area (Å²) in [6, 6.07) is 12.1. The summed E-state index contributed by atoms with van der Waals surface area (Å²) in [7, 11) is -3.54. The van der Waals surface area contributed by atoms with Crippen LogP contribution in [0.4, 0.5) is 4.39 Å². The zero-order valence-corrected chi connectivity index (χ0v) is 13.0. The fourth-order valence-corrected chi connectivity index (χ4v) is 3.65. The summed E-state index contributed by atoms with van der Waals surface area (Å²) in [6.45, 7) is 1.71. The van der Waals surface area contributed by atoms with Gasteiger partial charge in [0.15, 0.2) is 0 Å². The number of hydrogen-bond donors (Lipinski definition) is 1. The van der Waals surface area contributed by atoms with Crippen LogP contribution in [0.5, 0.6) is 0 Å². The highest BCUT2D eigenvalue weighted by molar-refractivity contribution is 7.88. The standard InChI is InChI=1S/C15H15ClFNO2S/c1-11(12-6-8-14(17)9-7-12)18-21(19,20)10-13-4-2-3-5-15(13)16/h2-9,11,18H,10H2,1H3. The number of hydrogen-bond acceptors (Lipinski definition) is 2. The van der Waals surface area contributed by atoms with E-state index >= 15 is 0 Å². The molecule has 2 rings (SSSR count). The smallest absolute Gasteiger partial charge is 0.212 e. The van der Waals surface area contributed by atoms with E-state index in [-0.39, 0.29) is 11.6 Å². The van der Waals surface area contributed by atoms with E-state index in [0.29, 0.717) is 16.1 Å². The van der Waals surface area contributed by atoms with E-state index in [2.05, 4.69) is 4.72 Å². The van der Waals surface area contributed by atoms with Gasteiger partial charge in [-0.1, -0.05) is 41.9 Å². The summed E-state index contributed by atoms with van der Waals surface area (Å²) in [5.41, 5.74) is 1.23. The van der Waals surface area contributed by atoms with Crippen molar-refractivity contribution in [3.8, 4) is 0 Å². The molecule has 0 fully saturated rings. The Balaban J connectivity index is 2.10. The number of sulfonamides is 1. The van der Waals surface area contributed by atoms with E-state index in [1.54, 1.807) is 43.3 Å². The molecule has 0 bridgehead atoms. The van der Waals surface area contributed by atoms with Gasteiger partial charge in [0.2, 0.25) is 10.0 Å². The highest BCUT2D eigenvalue weighted by Crippen LogP contribution is 2.19. The van der Waals surface area contributed by atoms with Crippen molar-refractivity contribution in [2.45, 2.75) is 18.7 Å². The van der Waals surface area contributed by atoms with E-state index < -0.39 is 16.1 Å². The molecular formula is C15H15ClFNO2S. The molecule has 0 aliphatic heterocycles. The second kappa shape index (κ2) is 6.56. The molecule has 112 valence electrons. The molecule has 0 amide bonds. The van der Waals surface area contributed by atoms with Gasteiger partial charge >= 0.3 is 0 Å². The second-order valence-corrected chi connectivity index (χ2v) is 6.90. The van der Waals surface area contributed by atoms with Crippen LogP contribution in [0.3, 0.4) is 0 Å². The van der Waals surface area contributed by atoms with Gasteiger partial charge in [-0.3, -0.25) is 0 Å². The molecule has 0 radical (unpaired) electrons. The molecule has 0 aliphatic carbocycles. The fraction of sp³-hybridized carbons (Fsp3) is 0.200. The molecule has 6 heteroatoms. The Labute approximate surface area is 128 Å². The van der Waals surface area contributed by atoms with Crippen molar-refractivity contribution in [2.24, 2.45) is 0 Å². The largest absolute Gasteiger partial charge is 0.216 e. The monoisotopic (exact) mass is 327 g/mol. The summed E-state index contributed by atoms with van der Waals surface area (Å²) >= 11 is 5.97. The van der Waals surface area contributed by atoms with Gasteiger partial charge < -0.3 is 0 Å². The Kier molecular flexibility index (Phi) is 4.98. The lowest BCUT2D eigenvalue weighted by molar-refractivity contribution is 0.565. The van der Waals surface area contributed by atoms with Crippen molar-refractivity contribution in [1.82, 2.24) is 4.72 Å². The van der Waals surface area contributed by atoms with E-state index in [9.17, 15) is 12.8 Å². The molecule has 1 N–H and O–H groups in total. The Morgan fingerprint density at radius 1 is 1.14 bits per heavy atom. The molecule has 0 saturated carbocycles. The lowest BCUT2D eigenvalue weighted by Crippen LogP contribution is -2.28. The molecule has 0 aliphatic rings. The predicted octanol–water partition coefficient (Wildman–Crippen LogP) is 3.66. The Morgan fingerprint density at radius 2 is 1.76 bits per heavy atom. The normalized spacial score (nSPS) is 13.1. The first-order valence-corrected chi connectivity index (χ1v) is 8.39. The Hall–Kier alpha value is -1.43. The van der Waals surface area contributed by atoms with E-state index in [4.69, 9.17) is 11.6 Å². The predicted molar refractivity (Wildman–Crippen MR) is 82.0 cm³/mol. The summed E-state index contributed by atoms with van der Waals surface area (Å²) < 4.78 is 39.7. The summed E-state index contributed by atoms with van der Waals surface area (Å²) in [4.78, 5) is 0. The minimum absolute atomic E-state index is 0.196. The highest BCUT2D eigenvalue weighted by Gasteiger charge is 2.17. The summed E-state index contributed by atoms with van der Waals surface area (Å²) in [5.74, 6) is -0.553. The van der Waals surface area contributed by atoms with Crippen LogP contribution < -0.4 is 4.72 Å². The molecule has 0 aromatic heterocycles. The number of benzene rings is 2. The van der Waals surface area contributed by atoms with Crippen molar-refractivity contribution in [3.05, 3.63) is 70.5 Å². The summed E-state index contributed by atoms with van der Waals surface area (Å²) in [6.07, 6.45) is 0. The van der Waals surface area contributed by atoms with Crippen molar-refractivity contribution < 1.29 is 12.8 Å². The van der Waals surface area contributed by atoms with Gasteiger partial charge in [-0.25, -0.2) is 17.5 Å². The maximum absolute atomic E-state index is 12.9. The van der Waals surface area contributed by atoms with Crippen LogP contribution in [0.1, 0.15) is 24.1 Å². The molecular weight excluding hydrogens is 313 g/mol. The van der Waals surface area contributed by atoms with Gasteiger partial charge in [-0.2, -0.15) is 0 Å². The van der Waals surface area contributed by atoms with Crippen LogP contribution in [0.15, 0.2) is 48.5 Å². The lowest BCUT2D eigenvalue weighted by Gasteiger charge is -2.15. The van der Waals surface area contributed by atoms with Crippen LogP contribution in [0.2, 0.25) is 5.02 Å². The van der Waals surface area contributed by atoms with Crippen LogP contribution in [0.25, 0.3) is 0 Å². The molecule has 3 nitrogen and oxygen atoms in total. The van der Waals surface area contributed by atoms with Gasteiger partial charge in [0, 0.05) is 11.1 Å². The zero-order valence-electron chi connectivity index (χ0n) is 11.4. The molecule has 0 spiro atoms. The number of nitrogens with one attached hydrogen (secondary N) is 1. The average molecular weight is 328 g/mol. The minimum Gasteiger partial charge on any atom is -0.212 e. The SMILES string of the molecule is CC(NS(=O)(=O)Cc1ccccc1Cl)c1ccc(F)cc1. The van der Waals surface area contributed by atoms with Crippen molar-refractivity contribution in [2.75, 3.05) is 0 Å². The average Bonchev–Trinajstić information content (AvgIpc) is 2.41. The van der Waals surface area contributed by atoms with Crippen molar-refractivity contribution in [1.29, 1.82) is 0 Å². The molecule has 1 atom stereocenters. The minimum atomic E-state index is -3.54. The lowest BCUT2D eigenvalue weighted by atomic mass is 10.1. The molecule has 2 aromatic carbocycles. The van der Waals surface area contributed by atoms with Gasteiger partial charge in [0.05, 0.1) is 5.75 Å². The second-order valence-electron chi connectivity index (χ2n) is 4.74. The first-order valence-electron chi connectivity index (χ1n) is 6.36. The van der Waals surface area contributed by atoms with E-state index in [0.717, 1.165) is 0 Å². The first kappa shape index (κ1) is 15.9. The molecule has 2 aromatic rings.